The lowest BCUT2D eigenvalue weighted by molar-refractivity contribution is -0.138. The van der Waals surface area contributed by atoms with Crippen LogP contribution < -0.4 is 0 Å². The highest BCUT2D eigenvalue weighted by Gasteiger charge is 2.51. The van der Waals surface area contributed by atoms with Crippen LogP contribution in [0.4, 0.5) is 4.39 Å². The topological polar surface area (TPSA) is 66.9 Å². The van der Waals surface area contributed by atoms with E-state index in [-0.39, 0.29) is 30.0 Å². The first-order valence-electron chi connectivity index (χ1n) is 9.39. The number of sulfonamides is 1. The minimum Gasteiger partial charge on any atom is -0.378 e. The van der Waals surface area contributed by atoms with Crippen molar-refractivity contribution in [3.05, 3.63) is 0 Å². The summed E-state index contributed by atoms with van der Waals surface area (Å²) >= 11 is 0. The van der Waals surface area contributed by atoms with Crippen LogP contribution in [0.2, 0.25) is 0 Å². The summed E-state index contributed by atoms with van der Waals surface area (Å²) in [4.78, 5) is 14.4. The summed E-state index contributed by atoms with van der Waals surface area (Å²) in [5.41, 5.74) is -0.134. The third kappa shape index (κ3) is 3.32. The Labute approximate surface area is 148 Å². The Morgan fingerprint density at radius 2 is 1.88 bits per heavy atom. The Hall–Kier alpha value is -0.730. The number of carbonyl (C=O) groups is 1. The van der Waals surface area contributed by atoms with Crippen LogP contribution in [0.5, 0.6) is 0 Å². The van der Waals surface area contributed by atoms with E-state index in [1.54, 1.807) is 4.90 Å². The standard InChI is InChI=1S/C17H27FN2O4S/c18-14-9-15(16(21)19-5-7-24-8-6-19)20(11-14)25(22,23)12-17-3-1-13(10-17)2-4-17/h13-15H,1-12H2/t13?,14-,15+,17?/m1/s1. The minimum absolute atomic E-state index is 0.0228. The number of rotatable bonds is 4. The number of hydrogen-bond donors (Lipinski definition) is 0. The zero-order valence-electron chi connectivity index (χ0n) is 14.5. The molecule has 0 radical (unpaired) electrons. The average Bonchev–Trinajstić information content (AvgIpc) is 3.28. The van der Waals surface area contributed by atoms with Crippen LogP contribution >= 0.6 is 0 Å². The summed E-state index contributed by atoms with van der Waals surface area (Å²) in [6.45, 7) is 1.63. The predicted molar refractivity (Wildman–Crippen MR) is 90.2 cm³/mol. The molecule has 0 N–H and O–H groups in total. The van der Waals surface area contributed by atoms with Crippen molar-refractivity contribution < 1.29 is 22.3 Å². The largest absolute Gasteiger partial charge is 0.378 e. The first-order valence-corrected chi connectivity index (χ1v) is 11.0. The van der Waals surface area contributed by atoms with E-state index in [2.05, 4.69) is 0 Å². The van der Waals surface area contributed by atoms with Gasteiger partial charge in [-0.3, -0.25) is 4.79 Å². The molecule has 4 rings (SSSR count). The Morgan fingerprint density at radius 3 is 2.48 bits per heavy atom. The van der Waals surface area contributed by atoms with Crippen molar-refractivity contribution in [3.63, 3.8) is 0 Å². The lowest BCUT2D eigenvalue weighted by atomic mass is 9.87. The van der Waals surface area contributed by atoms with Crippen molar-refractivity contribution in [2.75, 3.05) is 38.6 Å². The molecule has 0 spiro atoms. The Balaban J connectivity index is 1.51. The van der Waals surface area contributed by atoms with Gasteiger partial charge in [-0.1, -0.05) is 0 Å². The molecular formula is C17H27FN2O4S. The maximum atomic E-state index is 14.1. The normalized spacial score (nSPS) is 39.2. The van der Waals surface area contributed by atoms with Crippen LogP contribution in [0.1, 0.15) is 38.5 Å². The molecule has 0 aromatic heterocycles. The van der Waals surface area contributed by atoms with Gasteiger partial charge in [0.25, 0.3) is 0 Å². The van der Waals surface area contributed by atoms with Crippen LogP contribution in [0, 0.1) is 11.3 Å². The highest BCUT2D eigenvalue weighted by atomic mass is 32.2. The van der Waals surface area contributed by atoms with Crippen LogP contribution in [0.15, 0.2) is 0 Å². The van der Waals surface area contributed by atoms with Gasteiger partial charge in [-0.2, -0.15) is 4.31 Å². The predicted octanol–water partition coefficient (Wildman–Crippen LogP) is 1.17. The number of halogens is 1. The van der Waals surface area contributed by atoms with Gasteiger partial charge >= 0.3 is 0 Å². The molecule has 8 heteroatoms. The van der Waals surface area contributed by atoms with Crippen molar-refractivity contribution >= 4 is 15.9 Å². The number of hydrogen-bond acceptors (Lipinski definition) is 4. The monoisotopic (exact) mass is 374 g/mol. The second-order valence-electron chi connectivity index (χ2n) is 8.26. The molecule has 2 saturated heterocycles. The third-order valence-corrected chi connectivity index (χ3v) is 8.64. The highest BCUT2D eigenvalue weighted by Crippen LogP contribution is 2.55. The van der Waals surface area contributed by atoms with Gasteiger partial charge < -0.3 is 9.64 Å². The number of alkyl halides is 1. The molecule has 0 aromatic carbocycles. The lowest BCUT2D eigenvalue weighted by Crippen LogP contribution is -2.52. The lowest BCUT2D eigenvalue weighted by Gasteiger charge is -2.34. The highest BCUT2D eigenvalue weighted by molar-refractivity contribution is 7.89. The first-order chi connectivity index (χ1) is 11.9. The van der Waals surface area contributed by atoms with Crippen molar-refractivity contribution in [1.82, 2.24) is 9.21 Å². The maximum absolute atomic E-state index is 14.1. The Morgan fingerprint density at radius 1 is 1.20 bits per heavy atom. The molecule has 142 valence electrons. The van der Waals surface area contributed by atoms with Gasteiger partial charge in [0.1, 0.15) is 12.2 Å². The molecule has 6 nitrogen and oxygen atoms in total. The Bertz CT molecular complexity index is 627. The van der Waals surface area contributed by atoms with E-state index in [0.29, 0.717) is 32.2 Å². The van der Waals surface area contributed by atoms with Gasteiger partial charge in [-0.05, 0) is 43.4 Å². The molecule has 2 bridgehead atoms. The van der Waals surface area contributed by atoms with Crippen LogP contribution in [0.3, 0.4) is 0 Å². The molecule has 2 aliphatic carbocycles. The smallest absolute Gasteiger partial charge is 0.241 e. The van der Waals surface area contributed by atoms with Gasteiger partial charge in [-0.25, -0.2) is 12.8 Å². The molecule has 2 aliphatic heterocycles. The quantitative estimate of drug-likeness (QED) is 0.741. The number of morpholine rings is 1. The van der Waals surface area contributed by atoms with E-state index >= 15 is 0 Å². The van der Waals surface area contributed by atoms with E-state index < -0.39 is 22.2 Å². The van der Waals surface area contributed by atoms with E-state index in [9.17, 15) is 17.6 Å². The van der Waals surface area contributed by atoms with E-state index in [1.165, 1.54) is 4.31 Å². The van der Waals surface area contributed by atoms with Gasteiger partial charge in [0, 0.05) is 26.1 Å². The number of carbonyl (C=O) groups excluding carboxylic acids is 1. The fourth-order valence-corrected chi connectivity index (χ4v) is 7.57. The molecular weight excluding hydrogens is 347 g/mol. The van der Waals surface area contributed by atoms with Crippen molar-refractivity contribution in [2.24, 2.45) is 11.3 Å². The van der Waals surface area contributed by atoms with Crippen molar-refractivity contribution in [3.8, 4) is 0 Å². The van der Waals surface area contributed by atoms with Crippen LogP contribution in [-0.4, -0.2) is 74.3 Å². The Kier molecular flexibility index (Phi) is 4.57. The van der Waals surface area contributed by atoms with E-state index in [0.717, 1.165) is 32.1 Å². The zero-order valence-corrected chi connectivity index (χ0v) is 15.3. The fraction of sp³-hybridized carbons (Fsp3) is 0.941. The number of amides is 1. The molecule has 2 heterocycles. The second kappa shape index (κ2) is 6.46. The summed E-state index contributed by atoms with van der Waals surface area (Å²) in [5, 5.41) is 0. The van der Waals surface area contributed by atoms with Gasteiger partial charge in [0.15, 0.2) is 0 Å². The fourth-order valence-electron chi connectivity index (χ4n) is 5.27. The van der Waals surface area contributed by atoms with Gasteiger partial charge in [0.05, 0.1) is 19.0 Å². The molecule has 0 aromatic rings. The molecule has 25 heavy (non-hydrogen) atoms. The number of ether oxygens (including phenoxy) is 1. The average molecular weight is 374 g/mol. The number of nitrogens with zero attached hydrogens (tertiary/aromatic N) is 2. The zero-order chi connectivity index (χ0) is 17.7. The maximum Gasteiger partial charge on any atom is 0.241 e. The minimum atomic E-state index is -3.64. The van der Waals surface area contributed by atoms with Crippen molar-refractivity contribution in [2.45, 2.75) is 50.7 Å². The summed E-state index contributed by atoms with van der Waals surface area (Å²) in [5.74, 6) is 0.476. The van der Waals surface area contributed by atoms with Gasteiger partial charge in [-0.15, -0.1) is 0 Å². The molecule has 1 amide bonds. The molecule has 0 unspecified atom stereocenters. The van der Waals surface area contributed by atoms with Gasteiger partial charge in [0.2, 0.25) is 15.9 Å². The first kappa shape index (κ1) is 17.7. The summed E-state index contributed by atoms with van der Waals surface area (Å²) in [7, 11) is -3.64. The van der Waals surface area contributed by atoms with E-state index in [4.69, 9.17) is 4.74 Å². The summed E-state index contributed by atoms with van der Waals surface area (Å²) < 4.78 is 46.7. The molecule has 4 aliphatic rings. The van der Waals surface area contributed by atoms with E-state index in [1.807, 2.05) is 0 Å². The third-order valence-electron chi connectivity index (χ3n) is 6.55. The molecule has 2 atom stereocenters. The van der Waals surface area contributed by atoms with Crippen molar-refractivity contribution in [1.29, 1.82) is 0 Å². The molecule has 2 saturated carbocycles. The van der Waals surface area contributed by atoms with Crippen LogP contribution in [0.25, 0.3) is 0 Å². The summed E-state index contributed by atoms with van der Waals surface area (Å²) in [6.07, 6.45) is 3.81. The second-order valence-corrected chi connectivity index (χ2v) is 10.2. The SMILES string of the molecule is O=C([C@@H]1C[C@@H](F)CN1S(=O)(=O)CC12CCC(CC1)C2)N1CCOCC1. The summed E-state index contributed by atoms with van der Waals surface area (Å²) in [6, 6.07) is -0.881. The number of fused-ring (bicyclic) bond motifs is 2. The van der Waals surface area contributed by atoms with Crippen LogP contribution in [-0.2, 0) is 19.6 Å². The molecule has 4 fully saturated rings.